The van der Waals surface area contributed by atoms with Gasteiger partial charge in [-0.3, -0.25) is 4.79 Å². The number of nitrogen functional groups attached to an aromatic ring is 1. The van der Waals surface area contributed by atoms with Gasteiger partial charge in [0, 0.05) is 19.3 Å². The van der Waals surface area contributed by atoms with Gasteiger partial charge in [0.05, 0.1) is 11.6 Å². The maximum absolute atomic E-state index is 13.9. The fourth-order valence-electron chi connectivity index (χ4n) is 1.52. The number of amides is 1. The van der Waals surface area contributed by atoms with Crippen LogP contribution in [-0.4, -0.2) is 38.8 Å². The number of benzene rings is 1. The van der Waals surface area contributed by atoms with E-state index in [0.717, 1.165) is 16.4 Å². The standard InChI is InChI=1S/C11H15ClFN3O3S/c1-3-16(6-10(17)15-2)20(18,19)9-5-7(14)4-8(12)11(9)13/h4-5H,3,6,14H2,1-2H3,(H,15,17). The number of halogens is 2. The number of hydrogen-bond acceptors (Lipinski definition) is 4. The van der Waals surface area contributed by atoms with Gasteiger partial charge in [-0.1, -0.05) is 18.5 Å². The van der Waals surface area contributed by atoms with Gasteiger partial charge >= 0.3 is 0 Å². The van der Waals surface area contributed by atoms with Crippen LogP contribution in [0.2, 0.25) is 5.02 Å². The summed E-state index contributed by atoms with van der Waals surface area (Å²) in [5, 5.41) is 1.91. The molecule has 0 aromatic heterocycles. The summed E-state index contributed by atoms with van der Waals surface area (Å²) in [5.74, 6) is -1.60. The highest BCUT2D eigenvalue weighted by molar-refractivity contribution is 7.89. The number of sulfonamides is 1. The van der Waals surface area contributed by atoms with Crippen LogP contribution in [0.25, 0.3) is 0 Å². The number of anilines is 1. The third-order valence-electron chi connectivity index (χ3n) is 2.59. The number of rotatable bonds is 5. The van der Waals surface area contributed by atoms with Gasteiger partial charge in [-0.15, -0.1) is 0 Å². The Morgan fingerprint density at radius 1 is 1.50 bits per heavy atom. The highest BCUT2D eigenvalue weighted by atomic mass is 35.5. The van der Waals surface area contributed by atoms with Gasteiger partial charge < -0.3 is 11.1 Å². The molecule has 0 unspecified atom stereocenters. The summed E-state index contributed by atoms with van der Waals surface area (Å²) in [6.07, 6.45) is 0. The van der Waals surface area contributed by atoms with Crippen LogP contribution in [0.5, 0.6) is 0 Å². The number of nitrogens with two attached hydrogens (primary N) is 1. The average Bonchev–Trinajstić information content (AvgIpc) is 2.39. The molecule has 1 aromatic rings. The topological polar surface area (TPSA) is 92.5 Å². The van der Waals surface area contributed by atoms with Crippen LogP contribution in [-0.2, 0) is 14.8 Å². The van der Waals surface area contributed by atoms with E-state index in [9.17, 15) is 17.6 Å². The Hall–Kier alpha value is -1.38. The molecule has 0 bridgehead atoms. The van der Waals surface area contributed by atoms with Gasteiger partial charge in [0.25, 0.3) is 0 Å². The predicted octanol–water partition coefficient (Wildman–Crippen LogP) is 0.818. The number of nitrogens with zero attached hydrogens (tertiary/aromatic N) is 1. The summed E-state index contributed by atoms with van der Waals surface area (Å²) in [6, 6.07) is 2.09. The van der Waals surface area contributed by atoms with E-state index in [2.05, 4.69) is 5.32 Å². The van der Waals surface area contributed by atoms with Gasteiger partial charge in [-0.05, 0) is 12.1 Å². The van der Waals surface area contributed by atoms with Crippen LogP contribution in [0.1, 0.15) is 6.92 Å². The molecule has 0 heterocycles. The lowest BCUT2D eigenvalue weighted by Crippen LogP contribution is -2.39. The Balaban J connectivity index is 3.31. The van der Waals surface area contributed by atoms with Crippen LogP contribution < -0.4 is 11.1 Å². The zero-order valence-corrected chi connectivity index (χ0v) is 12.6. The molecule has 0 aliphatic heterocycles. The SMILES string of the molecule is CCN(CC(=O)NC)S(=O)(=O)c1cc(N)cc(Cl)c1F. The molecule has 20 heavy (non-hydrogen) atoms. The second-order valence-electron chi connectivity index (χ2n) is 3.92. The molecule has 1 rings (SSSR count). The number of nitrogens with one attached hydrogen (secondary N) is 1. The number of carbonyl (C=O) groups is 1. The lowest BCUT2D eigenvalue weighted by Gasteiger charge is -2.20. The largest absolute Gasteiger partial charge is 0.399 e. The molecule has 1 amide bonds. The van der Waals surface area contributed by atoms with Crippen molar-refractivity contribution in [3.05, 3.63) is 23.0 Å². The van der Waals surface area contributed by atoms with E-state index in [1.54, 1.807) is 0 Å². The Labute approximate surface area is 121 Å². The monoisotopic (exact) mass is 323 g/mol. The zero-order chi connectivity index (χ0) is 15.5. The van der Waals surface area contributed by atoms with E-state index in [1.165, 1.54) is 14.0 Å². The Bertz CT molecular complexity index is 622. The molecule has 1 aromatic carbocycles. The van der Waals surface area contributed by atoms with Crippen molar-refractivity contribution in [1.29, 1.82) is 0 Å². The summed E-state index contributed by atoms with van der Waals surface area (Å²) in [4.78, 5) is 10.7. The number of carbonyl (C=O) groups excluding carboxylic acids is 1. The van der Waals surface area contributed by atoms with Gasteiger partial charge in [-0.2, -0.15) is 4.31 Å². The lowest BCUT2D eigenvalue weighted by molar-refractivity contribution is -0.120. The van der Waals surface area contributed by atoms with Gasteiger partial charge in [0.1, 0.15) is 4.90 Å². The summed E-state index contributed by atoms with van der Waals surface area (Å²) < 4.78 is 39.4. The molecule has 3 N–H and O–H groups in total. The minimum atomic E-state index is -4.20. The van der Waals surface area contributed by atoms with Crippen molar-refractivity contribution in [2.24, 2.45) is 0 Å². The molecule has 0 aliphatic rings. The third kappa shape index (κ3) is 3.38. The van der Waals surface area contributed by atoms with Crippen LogP contribution in [0.15, 0.2) is 17.0 Å². The van der Waals surface area contributed by atoms with Crippen LogP contribution in [0, 0.1) is 5.82 Å². The van der Waals surface area contributed by atoms with E-state index < -0.39 is 33.2 Å². The van der Waals surface area contributed by atoms with Crippen LogP contribution in [0.3, 0.4) is 0 Å². The molecule has 6 nitrogen and oxygen atoms in total. The molecule has 0 spiro atoms. The molecule has 0 saturated carbocycles. The molecule has 0 aliphatic carbocycles. The van der Waals surface area contributed by atoms with E-state index in [0.29, 0.717) is 0 Å². The maximum Gasteiger partial charge on any atom is 0.246 e. The first kappa shape index (κ1) is 16.7. The lowest BCUT2D eigenvalue weighted by atomic mass is 10.3. The molecule has 112 valence electrons. The minimum Gasteiger partial charge on any atom is -0.399 e. The van der Waals surface area contributed by atoms with Crippen molar-refractivity contribution < 1.29 is 17.6 Å². The number of hydrogen-bond donors (Lipinski definition) is 2. The highest BCUT2D eigenvalue weighted by Crippen LogP contribution is 2.27. The molecule has 0 radical (unpaired) electrons. The van der Waals surface area contributed by atoms with Crippen molar-refractivity contribution >= 4 is 33.2 Å². The smallest absolute Gasteiger partial charge is 0.246 e. The molecular weight excluding hydrogens is 309 g/mol. The average molecular weight is 324 g/mol. The normalized spacial score (nSPS) is 11.7. The van der Waals surface area contributed by atoms with Crippen LogP contribution in [0.4, 0.5) is 10.1 Å². The molecule has 0 fully saturated rings. The van der Waals surface area contributed by atoms with Crippen molar-refractivity contribution in [1.82, 2.24) is 9.62 Å². The van der Waals surface area contributed by atoms with E-state index in [1.807, 2.05) is 0 Å². The predicted molar refractivity (Wildman–Crippen MR) is 74.3 cm³/mol. The third-order valence-corrected chi connectivity index (χ3v) is 4.78. The maximum atomic E-state index is 13.9. The van der Waals surface area contributed by atoms with Gasteiger partial charge in [-0.25, -0.2) is 12.8 Å². The molecule has 0 atom stereocenters. The fraction of sp³-hybridized carbons (Fsp3) is 0.364. The summed E-state index contributed by atoms with van der Waals surface area (Å²) in [5.41, 5.74) is 5.50. The molecular formula is C11H15ClFN3O3S. The first-order valence-corrected chi connectivity index (χ1v) is 7.51. The Kier molecular flexibility index (Phi) is 5.32. The van der Waals surface area contributed by atoms with E-state index >= 15 is 0 Å². The molecule has 0 saturated heterocycles. The van der Waals surface area contributed by atoms with Crippen molar-refractivity contribution in [2.45, 2.75) is 11.8 Å². The van der Waals surface area contributed by atoms with Crippen molar-refractivity contribution in [3.8, 4) is 0 Å². The van der Waals surface area contributed by atoms with Gasteiger partial charge in [0.15, 0.2) is 5.82 Å². The van der Waals surface area contributed by atoms with E-state index in [-0.39, 0.29) is 17.3 Å². The van der Waals surface area contributed by atoms with Gasteiger partial charge in [0.2, 0.25) is 15.9 Å². The second kappa shape index (κ2) is 6.38. The summed E-state index contributed by atoms with van der Waals surface area (Å²) >= 11 is 5.59. The highest BCUT2D eigenvalue weighted by Gasteiger charge is 2.29. The Morgan fingerprint density at radius 3 is 2.60 bits per heavy atom. The quantitative estimate of drug-likeness (QED) is 0.785. The summed E-state index contributed by atoms with van der Waals surface area (Å²) in [7, 11) is -2.82. The first-order valence-electron chi connectivity index (χ1n) is 5.69. The minimum absolute atomic E-state index is 0.00160. The summed E-state index contributed by atoms with van der Waals surface area (Å²) in [6.45, 7) is 1.12. The second-order valence-corrected chi connectivity index (χ2v) is 6.23. The van der Waals surface area contributed by atoms with Crippen molar-refractivity contribution in [2.75, 3.05) is 25.9 Å². The van der Waals surface area contributed by atoms with E-state index in [4.69, 9.17) is 17.3 Å². The first-order chi connectivity index (χ1) is 9.23. The zero-order valence-electron chi connectivity index (χ0n) is 11.0. The van der Waals surface area contributed by atoms with Crippen LogP contribution >= 0.6 is 11.6 Å². The molecule has 9 heteroatoms. The van der Waals surface area contributed by atoms with Crippen molar-refractivity contribution in [3.63, 3.8) is 0 Å². The Morgan fingerprint density at radius 2 is 2.10 bits per heavy atom. The fourth-order valence-corrected chi connectivity index (χ4v) is 3.33. The number of likely N-dealkylation sites (N-methyl/N-ethyl adjacent to an activating group) is 2.